The van der Waals surface area contributed by atoms with Crippen LogP contribution < -0.4 is 5.32 Å². The predicted octanol–water partition coefficient (Wildman–Crippen LogP) is 1.84. The predicted molar refractivity (Wildman–Crippen MR) is 73.5 cm³/mol. The molecule has 0 unspecified atom stereocenters. The molecule has 3 rings (SSSR count). The molecule has 0 aliphatic carbocycles. The number of nitrogens with one attached hydrogen (secondary N) is 1. The summed E-state index contributed by atoms with van der Waals surface area (Å²) in [4.78, 5) is 12.0. The maximum atomic E-state index is 13.1. The molecule has 1 fully saturated rings. The third kappa shape index (κ3) is 3.06. The Kier molecular flexibility index (Phi) is 3.65. The summed E-state index contributed by atoms with van der Waals surface area (Å²) >= 11 is 0. The molecule has 5 nitrogen and oxygen atoms in total. The molecule has 2 aromatic rings. The van der Waals surface area contributed by atoms with Crippen LogP contribution >= 0.6 is 0 Å². The maximum absolute atomic E-state index is 13.1. The summed E-state index contributed by atoms with van der Waals surface area (Å²) in [6.45, 7) is 1.10. The van der Waals surface area contributed by atoms with Crippen molar-refractivity contribution in [2.45, 2.75) is 18.4 Å². The van der Waals surface area contributed by atoms with Gasteiger partial charge in [0.05, 0.1) is 5.60 Å². The van der Waals surface area contributed by atoms with Crippen molar-refractivity contribution in [3.05, 3.63) is 35.8 Å². The average molecular weight is 293 g/mol. The highest BCUT2D eigenvalue weighted by molar-refractivity contribution is 5.96. The highest BCUT2D eigenvalue weighted by atomic mass is 19.1. The van der Waals surface area contributed by atoms with E-state index in [-0.39, 0.29) is 18.1 Å². The number of furan rings is 1. The van der Waals surface area contributed by atoms with Crippen molar-refractivity contribution in [2.75, 3.05) is 19.8 Å². The molecule has 0 bridgehead atoms. The number of halogens is 1. The summed E-state index contributed by atoms with van der Waals surface area (Å²) in [5, 5.41) is 13.5. The second-order valence-electron chi connectivity index (χ2n) is 5.31. The molecule has 6 heteroatoms. The third-order valence-electron chi connectivity index (χ3n) is 3.70. The molecular formula is C15H16FNO4. The minimum absolute atomic E-state index is 0.103. The Morgan fingerprint density at radius 2 is 2.10 bits per heavy atom. The van der Waals surface area contributed by atoms with E-state index >= 15 is 0 Å². The summed E-state index contributed by atoms with van der Waals surface area (Å²) in [6.07, 6.45) is 0.969. The molecule has 112 valence electrons. The van der Waals surface area contributed by atoms with E-state index in [2.05, 4.69) is 5.32 Å². The van der Waals surface area contributed by atoms with Crippen molar-refractivity contribution >= 4 is 16.9 Å². The van der Waals surface area contributed by atoms with Crippen LogP contribution in [0.25, 0.3) is 11.0 Å². The average Bonchev–Trinajstić information content (AvgIpc) is 2.88. The number of ether oxygens (including phenoxy) is 1. The van der Waals surface area contributed by atoms with Gasteiger partial charge in [0.25, 0.3) is 5.91 Å². The lowest BCUT2D eigenvalue weighted by Crippen LogP contribution is -2.46. The number of rotatable bonds is 3. The van der Waals surface area contributed by atoms with Crippen LogP contribution in [0, 0.1) is 5.82 Å². The van der Waals surface area contributed by atoms with E-state index in [9.17, 15) is 14.3 Å². The summed E-state index contributed by atoms with van der Waals surface area (Å²) in [5.74, 6) is -0.704. The Bertz CT molecular complexity index is 661. The Morgan fingerprint density at radius 1 is 1.33 bits per heavy atom. The molecule has 21 heavy (non-hydrogen) atoms. The standard InChI is InChI=1S/C15H16FNO4/c16-11-1-2-12-10(7-11)8-13(21-12)14(18)17-9-15(19)3-5-20-6-4-15/h1-2,7-8,19H,3-6,9H2,(H,17,18). The minimum Gasteiger partial charge on any atom is -0.451 e. The molecule has 0 atom stereocenters. The van der Waals surface area contributed by atoms with Gasteiger partial charge in [0.1, 0.15) is 11.4 Å². The van der Waals surface area contributed by atoms with Gasteiger partial charge in [-0.25, -0.2) is 4.39 Å². The minimum atomic E-state index is -0.938. The highest BCUT2D eigenvalue weighted by Gasteiger charge is 2.30. The van der Waals surface area contributed by atoms with Gasteiger partial charge in [-0.15, -0.1) is 0 Å². The number of fused-ring (bicyclic) bond motifs is 1. The Labute approximate surface area is 120 Å². The topological polar surface area (TPSA) is 71.7 Å². The first-order chi connectivity index (χ1) is 10.1. The van der Waals surface area contributed by atoms with Crippen LogP contribution in [-0.2, 0) is 4.74 Å². The third-order valence-corrected chi connectivity index (χ3v) is 3.70. The number of carbonyl (C=O) groups is 1. The number of carbonyl (C=O) groups excluding carboxylic acids is 1. The smallest absolute Gasteiger partial charge is 0.287 e. The van der Waals surface area contributed by atoms with Crippen molar-refractivity contribution < 1.29 is 23.4 Å². The molecule has 0 saturated carbocycles. The van der Waals surface area contributed by atoms with Gasteiger partial charge in [-0.05, 0) is 24.3 Å². The fourth-order valence-corrected chi connectivity index (χ4v) is 2.39. The zero-order chi connectivity index (χ0) is 14.9. The monoisotopic (exact) mass is 293 g/mol. The lowest BCUT2D eigenvalue weighted by Gasteiger charge is -2.31. The van der Waals surface area contributed by atoms with Crippen LogP contribution in [0.1, 0.15) is 23.4 Å². The van der Waals surface area contributed by atoms with Crippen molar-refractivity contribution in [1.82, 2.24) is 5.32 Å². The zero-order valence-electron chi connectivity index (χ0n) is 11.4. The number of amides is 1. The number of hydrogen-bond donors (Lipinski definition) is 2. The normalized spacial score (nSPS) is 17.8. The first-order valence-electron chi connectivity index (χ1n) is 6.83. The molecule has 1 aliphatic rings. The van der Waals surface area contributed by atoms with Crippen molar-refractivity contribution in [3.63, 3.8) is 0 Å². The van der Waals surface area contributed by atoms with Gasteiger partial charge in [0, 0.05) is 38.0 Å². The molecule has 1 saturated heterocycles. The Balaban J connectivity index is 1.69. The second kappa shape index (κ2) is 5.46. The fraction of sp³-hybridized carbons (Fsp3) is 0.400. The van der Waals surface area contributed by atoms with Crippen LogP contribution in [0.4, 0.5) is 4.39 Å². The summed E-state index contributed by atoms with van der Waals surface area (Å²) < 4.78 is 23.7. The molecule has 1 aromatic heterocycles. The molecule has 0 spiro atoms. The molecule has 2 heterocycles. The van der Waals surface area contributed by atoms with Crippen molar-refractivity contribution in [2.24, 2.45) is 0 Å². The first-order valence-corrected chi connectivity index (χ1v) is 6.83. The lowest BCUT2D eigenvalue weighted by molar-refractivity contribution is -0.0605. The van der Waals surface area contributed by atoms with Crippen LogP contribution in [0.3, 0.4) is 0 Å². The molecule has 1 aliphatic heterocycles. The Hall–Kier alpha value is -1.92. The number of hydrogen-bond acceptors (Lipinski definition) is 4. The van der Waals surface area contributed by atoms with Gasteiger partial charge in [-0.1, -0.05) is 0 Å². The molecule has 2 N–H and O–H groups in total. The lowest BCUT2D eigenvalue weighted by atomic mass is 9.94. The van der Waals surface area contributed by atoms with Gasteiger partial charge in [-0.2, -0.15) is 0 Å². The van der Waals surface area contributed by atoms with E-state index in [0.29, 0.717) is 37.0 Å². The van der Waals surface area contributed by atoms with Crippen LogP contribution in [-0.4, -0.2) is 36.4 Å². The summed E-state index contributed by atoms with van der Waals surface area (Å²) in [6, 6.07) is 5.55. The second-order valence-corrected chi connectivity index (χ2v) is 5.31. The largest absolute Gasteiger partial charge is 0.451 e. The van der Waals surface area contributed by atoms with E-state index in [1.807, 2.05) is 0 Å². The SMILES string of the molecule is O=C(NCC1(O)CCOCC1)c1cc2cc(F)ccc2o1. The van der Waals surface area contributed by atoms with Gasteiger partial charge < -0.3 is 19.6 Å². The van der Waals surface area contributed by atoms with Crippen molar-refractivity contribution in [3.8, 4) is 0 Å². The van der Waals surface area contributed by atoms with Gasteiger partial charge in [0.2, 0.25) is 0 Å². The Morgan fingerprint density at radius 3 is 2.86 bits per heavy atom. The van der Waals surface area contributed by atoms with E-state index < -0.39 is 11.5 Å². The fourth-order valence-electron chi connectivity index (χ4n) is 2.39. The molecule has 0 radical (unpaired) electrons. The molecular weight excluding hydrogens is 277 g/mol. The molecule has 1 amide bonds. The van der Waals surface area contributed by atoms with Gasteiger partial charge in [0.15, 0.2) is 5.76 Å². The van der Waals surface area contributed by atoms with Crippen molar-refractivity contribution in [1.29, 1.82) is 0 Å². The van der Waals surface area contributed by atoms with Crippen LogP contribution in [0.2, 0.25) is 0 Å². The van der Waals surface area contributed by atoms with E-state index in [0.717, 1.165) is 0 Å². The highest BCUT2D eigenvalue weighted by Crippen LogP contribution is 2.22. The molecule has 1 aromatic carbocycles. The number of benzene rings is 1. The quantitative estimate of drug-likeness (QED) is 0.906. The zero-order valence-corrected chi connectivity index (χ0v) is 11.4. The van der Waals surface area contributed by atoms with E-state index in [1.54, 1.807) is 0 Å². The van der Waals surface area contributed by atoms with Gasteiger partial charge >= 0.3 is 0 Å². The van der Waals surface area contributed by atoms with Crippen LogP contribution in [0.5, 0.6) is 0 Å². The van der Waals surface area contributed by atoms with Gasteiger partial charge in [-0.3, -0.25) is 4.79 Å². The first kappa shape index (κ1) is 14.0. The van der Waals surface area contributed by atoms with E-state index in [1.165, 1.54) is 24.3 Å². The number of aliphatic hydroxyl groups is 1. The summed E-state index contributed by atoms with van der Waals surface area (Å²) in [5.41, 5.74) is -0.488. The summed E-state index contributed by atoms with van der Waals surface area (Å²) in [7, 11) is 0. The van der Waals surface area contributed by atoms with E-state index in [4.69, 9.17) is 9.15 Å². The van der Waals surface area contributed by atoms with Crippen LogP contribution in [0.15, 0.2) is 28.7 Å². The maximum Gasteiger partial charge on any atom is 0.287 e.